The molecule has 2 N–H and O–H groups in total. The van der Waals surface area contributed by atoms with E-state index in [1.54, 1.807) is 6.92 Å². The van der Waals surface area contributed by atoms with E-state index in [1.807, 2.05) is 48.5 Å². The molecule has 0 unspecified atom stereocenters. The van der Waals surface area contributed by atoms with Gasteiger partial charge < -0.3 is 15.2 Å². The number of hydrogen-bond acceptors (Lipinski definition) is 6. The Labute approximate surface area is 196 Å². The van der Waals surface area contributed by atoms with Crippen LogP contribution in [0.1, 0.15) is 42.1 Å². The third-order valence-electron chi connectivity index (χ3n) is 5.95. The fourth-order valence-corrected chi connectivity index (χ4v) is 4.41. The number of hydrogen-bond donors (Lipinski definition) is 2. The van der Waals surface area contributed by atoms with Gasteiger partial charge in [-0.3, -0.25) is 14.9 Å². The van der Waals surface area contributed by atoms with Gasteiger partial charge in [-0.2, -0.15) is 0 Å². The zero-order valence-corrected chi connectivity index (χ0v) is 18.5. The lowest BCUT2D eigenvalue weighted by molar-refractivity contribution is -0.385. The van der Waals surface area contributed by atoms with Crippen LogP contribution in [0.4, 0.5) is 5.69 Å². The van der Waals surface area contributed by atoms with Gasteiger partial charge in [-0.25, -0.2) is 4.79 Å². The molecule has 0 saturated heterocycles. The molecule has 0 aromatic heterocycles. The normalized spacial score (nSPS) is 13.9. The summed E-state index contributed by atoms with van der Waals surface area (Å²) in [5, 5.41) is 24.6. The van der Waals surface area contributed by atoms with Crippen molar-refractivity contribution in [2.45, 2.75) is 31.4 Å². The predicted molar refractivity (Wildman–Crippen MR) is 125 cm³/mol. The number of aliphatic hydroxyl groups excluding tert-OH is 1. The third kappa shape index (κ3) is 4.53. The molecule has 0 bridgehead atoms. The summed E-state index contributed by atoms with van der Waals surface area (Å²) in [6.45, 7) is 1.67. The maximum Gasteiger partial charge on any atom is 0.331 e. The number of carbonyl (C=O) groups excluding carboxylic acids is 2. The Bertz CT molecular complexity index is 1200. The van der Waals surface area contributed by atoms with Crippen molar-refractivity contribution in [3.8, 4) is 11.1 Å². The van der Waals surface area contributed by atoms with Crippen LogP contribution in [0.5, 0.6) is 0 Å². The van der Waals surface area contributed by atoms with Crippen LogP contribution >= 0.6 is 0 Å². The molecule has 0 heterocycles. The SMILES string of the molecule is CCOC(=O)[C@@H](NC(=O)CC1c2ccccc2-c2ccccc21)[C@@H](O)c1cccc([N+](=O)[O-])c1. The van der Waals surface area contributed by atoms with Gasteiger partial charge in [0.25, 0.3) is 5.69 Å². The van der Waals surface area contributed by atoms with Gasteiger partial charge in [-0.05, 0) is 34.7 Å². The number of nitro groups is 1. The molecule has 8 nitrogen and oxygen atoms in total. The fourth-order valence-electron chi connectivity index (χ4n) is 4.41. The minimum Gasteiger partial charge on any atom is -0.464 e. The molecular weight excluding hydrogens is 436 g/mol. The molecule has 34 heavy (non-hydrogen) atoms. The Balaban J connectivity index is 1.58. The standard InChI is InChI=1S/C26H24N2O6/c1-2-34-26(31)24(25(30)16-8-7-9-17(14-16)28(32)33)27-23(29)15-22-20-12-5-3-10-18(20)19-11-4-6-13-21(19)22/h3-14,22,24-25,30H,2,15H2,1H3,(H,27,29)/t24-,25-/m0/s1. The average molecular weight is 460 g/mol. The number of nitro benzene ring substituents is 1. The van der Waals surface area contributed by atoms with E-state index in [2.05, 4.69) is 5.32 Å². The molecule has 174 valence electrons. The van der Waals surface area contributed by atoms with Crippen molar-refractivity contribution >= 4 is 17.6 Å². The van der Waals surface area contributed by atoms with E-state index in [-0.39, 0.29) is 30.2 Å². The van der Waals surface area contributed by atoms with Gasteiger partial charge in [0.05, 0.1) is 11.5 Å². The highest BCUT2D eigenvalue weighted by Crippen LogP contribution is 2.46. The van der Waals surface area contributed by atoms with E-state index >= 15 is 0 Å². The molecule has 0 aliphatic heterocycles. The van der Waals surface area contributed by atoms with Crippen LogP contribution < -0.4 is 5.32 Å². The van der Waals surface area contributed by atoms with Crippen molar-refractivity contribution in [1.29, 1.82) is 0 Å². The van der Waals surface area contributed by atoms with Crippen LogP contribution in [0.15, 0.2) is 72.8 Å². The number of non-ortho nitro benzene ring substituents is 1. The van der Waals surface area contributed by atoms with Crippen molar-refractivity contribution in [3.05, 3.63) is 99.6 Å². The quantitative estimate of drug-likeness (QED) is 0.299. The van der Waals surface area contributed by atoms with Crippen molar-refractivity contribution in [1.82, 2.24) is 5.32 Å². The molecule has 0 radical (unpaired) electrons. The van der Waals surface area contributed by atoms with Gasteiger partial charge in [0.2, 0.25) is 5.91 Å². The Morgan fingerprint density at radius 3 is 2.24 bits per heavy atom. The molecular formula is C26H24N2O6. The van der Waals surface area contributed by atoms with Gasteiger partial charge in [-0.1, -0.05) is 60.7 Å². The molecule has 4 rings (SSSR count). The highest BCUT2D eigenvalue weighted by atomic mass is 16.6. The molecule has 0 fully saturated rings. The molecule has 3 aromatic carbocycles. The second kappa shape index (κ2) is 9.84. The number of benzene rings is 3. The number of ether oxygens (including phenoxy) is 1. The highest BCUT2D eigenvalue weighted by Gasteiger charge is 2.34. The molecule has 1 aliphatic rings. The molecule has 1 aliphatic carbocycles. The van der Waals surface area contributed by atoms with Crippen molar-refractivity contribution in [2.75, 3.05) is 6.61 Å². The van der Waals surface area contributed by atoms with Crippen LogP contribution in [0, 0.1) is 10.1 Å². The van der Waals surface area contributed by atoms with Crippen molar-refractivity contribution in [3.63, 3.8) is 0 Å². The minimum atomic E-state index is -1.52. The number of nitrogens with zero attached hydrogens (tertiary/aromatic N) is 1. The second-order valence-electron chi connectivity index (χ2n) is 8.03. The van der Waals surface area contributed by atoms with Crippen molar-refractivity contribution in [2.24, 2.45) is 0 Å². The largest absolute Gasteiger partial charge is 0.464 e. The van der Waals surface area contributed by atoms with Gasteiger partial charge in [0, 0.05) is 24.5 Å². The summed E-state index contributed by atoms with van der Waals surface area (Å²) in [6, 6.07) is 19.6. The van der Waals surface area contributed by atoms with Crippen LogP contribution in [-0.4, -0.2) is 34.6 Å². The van der Waals surface area contributed by atoms with E-state index in [4.69, 9.17) is 4.74 Å². The van der Waals surface area contributed by atoms with E-state index in [9.17, 15) is 24.8 Å². The number of amides is 1. The average Bonchev–Trinajstić information content (AvgIpc) is 3.16. The summed E-state index contributed by atoms with van der Waals surface area (Å²) in [4.78, 5) is 36.2. The van der Waals surface area contributed by atoms with E-state index in [0.29, 0.717) is 0 Å². The summed E-state index contributed by atoms with van der Waals surface area (Å²) < 4.78 is 5.06. The van der Waals surface area contributed by atoms with Gasteiger partial charge >= 0.3 is 5.97 Å². The lowest BCUT2D eigenvalue weighted by atomic mass is 9.93. The summed E-state index contributed by atoms with van der Waals surface area (Å²) in [5.74, 6) is -1.47. The first kappa shape index (κ1) is 23.1. The Hall–Kier alpha value is -4.04. The Morgan fingerprint density at radius 1 is 1.03 bits per heavy atom. The predicted octanol–water partition coefficient (Wildman–Crippen LogP) is 3.88. The number of aliphatic hydroxyl groups is 1. The van der Waals surface area contributed by atoms with Crippen LogP contribution in [0.2, 0.25) is 0 Å². The van der Waals surface area contributed by atoms with Gasteiger partial charge in [0.15, 0.2) is 6.04 Å². The first-order chi connectivity index (χ1) is 16.4. The smallest absolute Gasteiger partial charge is 0.331 e. The summed E-state index contributed by atoms with van der Waals surface area (Å²) in [5.41, 5.74) is 4.06. The summed E-state index contributed by atoms with van der Waals surface area (Å²) >= 11 is 0. The fraction of sp³-hybridized carbons (Fsp3) is 0.231. The molecule has 2 atom stereocenters. The molecule has 8 heteroatoms. The van der Waals surface area contributed by atoms with Crippen LogP contribution in [0.25, 0.3) is 11.1 Å². The van der Waals surface area contributed by atoms with Gasteiger partial charge in [-0.15, -0.1) is 0 Å². The number of nitrogens with one attached hydrogen (secondary N) is 1. The maximum absolute atomic E-state index is 13.1. The van der Waals surface area contributed by atoms with Crippen LogP contribution in [-0.2, 0) is 14.3 Å². The zero-order valence-electron chi connectivity index (χ0n) is 18.5. The zero-order chi connectivity index (χ0) is 24.2. The monoisotopic (exact) mass is 460 g/mol. The van der Waals surface area contributed by atoms with Crippen LogP contribution in [0.3, 0.4) is 0 Å². The minimum absolute atomic E-state index is 0.0518. The Kier molecular flexibility index (Phi) is 6.70. The summed E-state index contributed by atoms with van der Waals surface area (Å²) in [6.07, 6.45) is -1.46. The number of carbonyl (C=O) groups is 2. The second-order valence-corrected chi connectivity index (χ2v) is 8.03. The molecule has 0 saturated carbocycles. The van der Waals surface area contributed by atoms with Gasteiger partial charge in [0.1, 0.15) is 6.10 Å². The lowest BCUT2D eigenvalue weighted by Gasteiger charge is -2.24. The Morgan fingerprint density at radius 2 is 1.65 bits per heavy atom. The van der Waals surface area contributed by atoms with E-state index in [0.717, 1.165) is 22.3 Å². The third-order valence-corrected chi connectivity index (χ3v) is 5.95. The number of fused-ring (bicyclic) bond motifs is 3. The van der Waals surface area contributed by atoms with Crippen molar-refractivity contribution < 1.29 is 24.4 Å². The van der Waals surface area contributed by atoms with E-state index in [1.165, 1.54) is 24.3 Å². The molecule has 3 aromatic rings. The molecule has 0 spiro atoms. The molecule has 1 amide bonds. The first-order valence-corrected chi connectivity index (χ1v) is 11.0. The van der Waals surface area contributed by atoms with E-state index < -0.39 is 28.9 Å². The number of esters is 1. The maximum atomic E-state index is 13.1. The summed E-state index contributed by atoms with van der Waals surface area (Å²) in [7, 11) is 0. The topological polar surface area (TPSA) is 119 Å². The number of rotatable bonds is 8. The lowest BCUT2D eigenvalue weighted by Crippen LogP contribution is -2.46. The highest BCUT2D eigenvalue weighted by molar-refractivity contribution is 5.88. The first-order valence-electron chi connectivity index (χ1n) is 11.0.